The number of hydrogen-bond acceptors (Lipinski definition) is 1. The summed E-state index contributed by atoms with van der Waals surface area (Å²) in [5.74, 6) is 5.41. The lowest BCUT2D eigenvalue weighted by molar-refractivity contribution is 0.164. The van der Waals surface area contributed by atoms with Crippen molar-refractivity contribution in [3.63, 3.8) is 0 Å². The Morgan fingerprint density at radius 2 is 1.42 bits per heavy atom. The van der Waals surface area contributed by atoms with E-state index in [0.29, 0.717) is 0 Å². The zero-order chi connectivity index (χ0) is 9.45. The topological polar surface area (TPSA) is 9.23 Å². The van der Waals surface area contributed by atoms with Crippen LogP contribution < -0.4 is 0 Å². The summed E-state index contributed by atoms with van der Waals surface area (Å²) in [4.78, 5) is 0. The van der Waals surface area contributed by atoms with Crippen LogP contribution in [0.25, 0.3) is 0 Å². The van der Waals surface area contributed by atoms with Gasteiger partial charge in [-0.1, -0.05) is 20.8 Å². The molecular weight excluding hydrogens is 168 g/mol. The summed E-state index contributed by atoms with van der Waals surface area (Å²) in [6.45, 7) is 10.9. The fourth-order valence-corrected chi connectivity index (χ4v) is 3.99. The molecule has 0 heterocycles. The molecule has 0 radical (unpaired) electrons. The second kappa shape index (κ2) is 6.79. The molecule has 0 aliphatic carbocycles. The molecule has 0 N–H and O–H groups in total. The van der Waals surface area contributed by atoms with Crippen LogP contribution in [0, 0.1) is 0 Å². The van der Waals surface area contributed by atoms with Crippen LogP contribution in [0.1, 0.15) is 27.7 Å². The van der Waals surface area contributed by atoms with Crippen molar-refractivity contribution in [1.29, 1.82) is 0 Å². The smallest absolute Gasteiger partial charge is 0.0541 e. The Labute approximate surface area is 79.2 Å². The largest absolute Gasteiger partial charge is 0.381 e. The number of ether oxygens (including phenoxy) is 1. The van der Waals surface area contributed by atoms with Gasteiger partial charge in [0, 0.05) is 12.4 Å². The predicted molar refractivity (Wildman–Crippen MR) is 60.6 cm³/mol. The Hall–Kier alpha value is 0.310. The maximum Gasteiger partial charge on any atom is 0.0541 e. The standard InChI is InChI=1S/C10H24OS/c1-5-11-9-10-12(6-2,7-3)8-4/h5-10H2,1-4H3. The van der Waals surface area contributed by atoms with Crippen molar-refractivity contribution < 1.29 is 4.74 Å². The molecule has 0 aliphatic heterocycles. The summed E-state index contributed by atoms with van der Waals surface area (Å²) in [7, 11) is -0.307. The Morgan fingerprint density at radius 1 is 0.917 bits per heavy atom. The minimum absolute atomic E-state index is 0.307. The fourth-order valence-electron chi connectivity index (χ4n) is 1.43. The first-order valence-corrected chi connectivity index (χ1v) is 7.37. The van der Waals surface area contributed by atoms with E-state index in [9.17, 15) is 0 Å². The minimum atomic E-state index is -0.307. The molecule has 0 fully saturated rings. The molecule has 0 aromatic heterocycles. The molecule has 0 bridgehead atoms. The van der Waals surface area contributed by atoms with Crippen molar-refractivity contribution in [2.45, 2.75) is 27.7 Å². The van der Waals surface area contributed by atoms with Crippen LogP contribution in [-0.2, 0) is 4.74 Å². The lowest BCUT2D eigenvalue weighted by Crippen LogP contribution is -2.16. The van der Waals surface area contributed by atoms with E-state index in [1.165, 1.54) is 23.0 Å². The van der Waals surface area contributed by atoms with Crippen LogP contribution in [-0.4, -0.2) is 36.2 Å². The summed E-state index contributed by atoms with van der Waals surface area (Å²) in [5.41, 5.74) is 0. The maximum absolute atomic E-state index is 5.42. The van der Waals surface area contributed by atoms with Crippen molar-refractivity contribution in [2.24, 2.45) is 0 Å². The molecular formula is C10H24OS. The van der Waals surface area contributed by atoms with E-state index in [1.807, 2.05) is 0 Å². The highest BCUT2D eigenvalue weighted by Gasteiger charge is 2.16. The van der Waals surface area contributed by atoms with Gasteiger partial charge in [0.05, 0.1) is 6.61 Å². The zero-order valence-corrected chi connectivity index (χ0v) is 9.88. The van der Waals surface area contributed by atoms with Crippen LogP contribution in [0.5, 0.6) is 0 Å². The van der Waals surface area contributed by atoms with E-state index >= 15 is 0 Å². The molecule has 0 spiro atoms. The van der Waals surface area contributed by atoms with Crippen molar-refractivity contribution >= 4 is 10.0 Å². The van der Waals surface area contributed by atoms with Gasteiger partial charge in [-0.15, -0.1) is 0 Å². The van der Waals surface area contributed by atoms with E-state index in [-0.39, 0.29) is 10.0 Å². The van der Waals surface area contributed by atoms with Crippen molar-refractivity contribution in [3.05, 3.63) is 0 Å². The molecule has 0 saturated carbocycles. The molecule has 0 amide bonds. The average Bonchev–Trinajstić information content (AvgIpc) is 2.14. The first kappa shape index (κ1) is 12.3. The third-order valence-corrected chi connectivity index (χ3v) is 7.41. The van der Waals surface area contributed by atoms with Gasteiger partial charge in [-0.3, -0.25) is 0 Å². The van der Waals surface area contributed by atoms with Crippen LogP contribution in [0.4, 0.5) is 0 Å². The van der Waals surface area contributed by atoms with Gasteiger partial charge in [-0.05, 0) is 24.2 Å². The monoisotopic (exact) mass is 192 g/mol. The van der Waals surface area contributed by atoms with E-state index in [0.717, 1.165) is 13.2 Å². The van der Waals surface area contributed by atoms with Gasteiger partial charge in [0.1, 0.15) is 0 Å². The number of rotatable bonds is 7. The lowest BCUT2D eigenvalue weighted by atomic mass is 10.8. The first-order chi connectivity index (χ1) is 5.74. The summed E-state index contributed by atoms with van der Waals surface area (Å²) in [6.07, 6.45) is 0. The van der Waals surface area contributed by atoms with Gasteiger partial charge in [0.15, 0.2) is 0 Å². The molecule has 2 heteroatoms. The highest BCUT2D eigenvalue weighted by molar-refractivity contribution is 8.33. The fraction of sp³-hybridized carbons (Fsp3) is 1.00. The third-order valence-electron chi connectivity index (χ3n) is 2.70. The summed E-state index contributed by atoms with van der Waals surface area (Å²) in [5, 5.41) is 0. The Bertz CT molecular complexity index is 91.7. The molecule has 76 valence electrons. The van der Waals surface area contributed by atoms with Crippen molar-refractivity contribution in [2.75, 3.05) is 36.2 Å². The van der Waals surface area contributed by atoms with Gasteiger partial charge in [0.25, 0.3) is 0 Å². The maximum atomic E-state index is 5.42. The quantitative estimate of drug-likeness (QED) is 0.564. The van der Waals surface area contributed by atoms with E-state index < -0.39 is 0 Å². The van der Waals surface area contributed by atoms with Crippen molar-refractivity contribution in [1.82, 2.24) is 0 Å². The summed E-state index contributed by atoms with van der Waals surface area (Å²) < 4.78 is 5.42. The molecule has 0 saturated heterocycles. The Balaban J connectivity index is 3.76. The lowest BCUT2D eigenvalue weighted by Gasteiger charge is -2.37. The molecule has 0 rings (SSSR count). The van der Waals surface area contributed by atoms with Gasteiger partial charge in [0.2, 0.25) is 0 Å². The highest BCUT2D eigenvalue weighted by atomic mass is 32.3. The molecule has 0 aromatic carbocycles. The second-order valence-electron chi connectivity index (χ2n) is 2.99. The highest BCUT2D eigenvalue weighted by Crippen LogP contribution is 2.46. The van der Waals surface area contributed by atoms with Crippen LogP contribution in [0.3, 0.4) is 0 Å². The normalized spacial score (nSPS) is 13.3. The number of hydrogen-bond donors (Lipinski definition) is 0. The molecule has 0 aromatic rings. The Kier molecular flexibility index (Phi) is 6.96. The van der Waals surface area contributed by atoms with Crippen molar-refractivity contribution in [3.8, 4) is 0 Å². The SMILES string of the molecule is CCOCCS(CC)(CC)CC. The van der Waals surface area contributed by atoms with E-state index in [2.05, 4.69) is 27.7 Å². The first-order valence-electron chi connectivity index (χ1n) is 5.06. The van der Waals surface area contributed by atoms with Crippen LogP contribution in [0.2, 0.25) is 0 Å². The molecule has 0 aliphatic rings. The van der Waals surface area contributed by atoms with Gasteiger partial charge < -0.3 is 4.74 Å². The van der Waals surface area contributed by atoms with E-state index in [1.54, 1.807) is 0 Å². The summed E-state index contributed by atoms with van der Waals surface area (Å²) >= 11 is 0. The molecule has 12 heavy (non-hydrogen) atoms. The average molecular weight is 192 g/mol. The second-order valence-corrected chi connectivity index (χ2v) is 7.58. The summed E-state index contributed by atoms with van der Waals surface area (Å²) in [6, 6.07) is 0. The molecule has 1 nitrogen and oxygen atoms in total. The van der Waals surface area contributed by atoms with Crippen LogP contribution in [0.15, 0.2) is 0 Å². The minimum Gasteiger partial charge on any atom is -0.381 e. The van der Waals surface area contributed by atoms with E-state index in [4.69, 9.17) is 4.74 Å². The van der Waals surface area contributed by atoms with Gasteiger partial charge in [-0.25, -0.2) is 10.0 Å². The predicted octanol–water partition coefficient (Wildman–Crippen LogP) is 2.89. The third kappa shape index (κ3) is 3.81. The Morgan fingerprint density at radius 3 is 1.75 bits per heavy atom. The zero-order valence-electron chi connectivity index (χ0n) is 9.06. The van der Waals surface area contributed by atoms with Gasteiger partial charge >= 0.3 is 0 Å². The van der Waals surface area contributed by atoms with Crippen LogP contribution >= 0.6 is 10.0 Å². The van der Waals surface area contributed by atoms with Gasteiger partial charge in [-0.2, -0.15) is 0 Å². The molecule has 0 unspecified atom stereocenters. The molecule has 0 atom stereocenters.